The van der Waals surface area contributed by atoms with Gasteiger partial charge in [-0.25, -0.2) is 4.79 Å². The van der Waals surface area contributed by atoms with Crippen LogP contribution < -0.4 is 14.8 Å². The summed E-state index contributed by atoms with van der Waals surface area (Å²) in [6.07, 6.45) is 1.09. The van der Waals surface area contributed by atoms with Crippen LogP contribution in [-0.2, 0) is 17.8 Å². The molecule has 1 fully saturated rings. The highest BCUT2D eigenvalue weighted by Crippen LogP contribution is 2.28. The second kappa shape index (κ2) is 8.57. The standard InChI is InChI=1S/C23H26N2O5/c1-15(26)17-7-10-20(30-4)18(13-17)14-25-21(27)23(2,24-22(25)28)12-11-16-5-8-19(29-3)9-6-16/h5-10,13H,11-12,14H2,1-4H3,(H,24,28)/t23-/m1/s1. The predicted molar refractivity (Wildman–Crippen MR) is 112 cm³/mol. The quantitative estimate of drug-likeness (QED) is 0.533. The topological polar surface area (TPSA) is 84.9 Å². The molecule has 2 aromatic carbocycles. The number of carbonyl (C=O) groups excluding carboxylic acids is 3. The molecule has 7 heteroatoms. The third-order valence-corrected chi connectivity index (χ3v) is 5.43. The van der Waals surface area contributed by atoms with Crippen LogP contribution in [-0.4, -0.2) is 42.4 Å². The number of imide groups is 1. The fourth-order valence-corrected chi connectivity index (χ4v) is 3.54. The monoisotopic (exact) mass is 410 g/mol. The number of ketones is 1. The molecule has 3 rings (SSSR count). The first-order chi connectivity index (χ1) is 14.3. The van der Waals surface area contributed by atoms with Gasteiger partial charge < -0.3 is 14.8 Å². The summed E-state index contributed by atoms with van der Waals surface area (Å²) in [5.41, 5.74) is 1.16. The van der Waals surface area contributed by atoms with Gasteiger partial charge in [0.25, 0.3) is 5.91 Å². The molecule has 1 N–H and O–H groups in total. The van der Waals surface area contributed by atoms with E-state index in [1.165, 1.54) is 18.9 Å². The Morgan fingerprint density at radius 3 is 2.37 bits per heavy atom. The van der Waals surface area contributed by atoms with Crippen molar-refractivity contribution in [2.45, 2.75) is 38.8 Å². The SMILES string of the molecule is COc1ccc(CC[C@@]2(C)NC(=O)N(Cc3cc(C(C)=O)ccc3OC)C2=O)cc1. The van der Waals surface area contributed by atoms with Crippen molar-refractivity contribution in [3.8, 4) is 11.5 Å². The normalized spacial score (nSPS) is 18.3. The molecule has 0 bridgehead atoms. The van der Waals surface area contributed by atoms with Gasteiger partial charge in [-0.15, -0.1) is 0 Å². The van der Waals surface area contributed by atoms with Crippen molar-refractivity contribution in [2.75, 3.05) is 14.2 Å². The Morgan fingerprint density at radius 1 is 1.07 bits per heavy atom. The zero-order valence-corrected chi connectivity index (χ0v) is 17.7. The average molecular weight is 410 g/mol. The van der Waals surface area contributed by atoms with Crippen molar-refractivity contribution in [3.63, 3.8) is 0 Å². The maximum atomic E-state index is 13.1. The van der Waals surface area contributed by atoms with Crippen LogP contribution in [0.1, 0.15) is 41.8 Å². The van der Waals surface area contributed by atoms with Crippen molar-refractivity contribution < 1.29 is 23.9 Å². The van der Waals surface area contributed by atoms with E-state index in [2.05, 4.69) is 5.32 Å². The highest BCUT2D eigenvalue weighted by Gasteiger charge is 2.47. The summed E-state index contributed by atoms with van der Waals surface area (Å²) in [6, 6.07) is 12.2. The van der Waals surface area contributed by atoms with E-state index in [9.17, 15) is 14.4 Å². The van der Waals surface area contributed by atoms with Gasteiger partial charge in [-0.05, 0) is 62.6 Å². The minimum absolute atomic E-state index is 0.0348. The molecule has 0 spiro atoms. The van der Waals surface area contributed by atoms with Gasteiger partial charge in [0.15, 0.2) is 5.78 Å². The first kappa shape index (κ1) is 21.4. The van der Waals surface area contributed by atoms with Crippen molar-refractivity contribution in [1.29, 1.82) is 0 Å². The Hall–Kier alpha value is -3.35. The number of methoxy groups -OCH3 is 2. The molecule has 1 atom stereocenters. The molecular formula is C23H26N2O5. The second-order valence-electron chi connectivity index (χ2n) is 7.58. The number of urea groups is 1. The molecule has 1 saturated heterocycles. The number of rotatable bonds is 8. The van der Waals surface area contributed by atoms with E-state index in [-0.39, 0.29) is 18.2 Å². The maximum absolute atomic E-state index is 13.1. The third-order valence-electron chi connectivity index (χ3n) is 5.43. The molecule has 2 aromatic rings. The number of ether oxygens (including phenoxy) is 2. The number of nitrogens with one attached hydrogen (secondary N) is 1. The molecule has 0 aliphatic carbocycles. The second-order valence-corrected chi connectivity index (χ2v) is 7.58. The van der Waals surface area contributed by atoms with Gasteiger partial charge in [-0.2, -0.15) is 0 Å². The Labute approximate surface area is 176 Å². The Balaban J connectivity index is 1.75. The van der Waals surface area contributed by atoms with E-state index in [4.69, 9.17) is 9.47 Å². The molecule has 30 heavy (non-hydrogen) atoms. The van der Waals surface area contributed by atoms with Crippen molar-refractivity contribution in [3.05, 3.63) is 59.2 Å². The van der Waals surface area contributed by atoms with Crippen LogP contribution in [0.15, 0.2) is 42.5 Å². The molecule has 0 radical (unpaired) electrons. The molecule has 0 aromatic heterocycles. The highest BCUT2D eigenvalue weighted by molar-refractivity contribution is 6.06. The smallest absolute Gasteiger partial charge is 0.325 e. The molecule has 0 saturated carbocycles. The number of hydrogen-bond acceptors (Lipinski definition) is 5. The van der Waals surface area contributed by atoms with E-state index >= 15 is 0 Å². The summed E-state index contributed by atoms with van der Waals surface area (Å²) in [7, 11) is 3.12. The minimum Gasteiger partial charge on any atom is -0.497 e. The van der Waals surface area contributed by atoms with Crippen LogP contribution >= 0.6 is 0 Å². The van der Waals surface area contributed by atoms with E-state index in [0.29, 0.717) is 29.7 Å². The van der Waals surface area contributed by atoms with Crippen LogP contribution in [0.25, 0.3) is 0 Å². The largest absolute Gasteiger partial charge is 0.497 e. The number of carbonyl (C=O) groups is 3. The molecule has 1 heterocycles. The van der Waals surface area contributed by atoms with E-state index in [0.717, 1.165) is 11.3 Å². The summed E-state index contributed by atoms with van der Waals surface area (Å²) in [4.78, 5) is 38.6. The third kappa shape index (κ3) is 4.30. The van der Waals surface area contributed by atoms with Gasteiger partial charge in [-0.3, -0.25) is 14.5 Å². The first-order valence-electron chi connectivity index (χ1n) is 9.72. The maximum Gasteiger partial charge on any atom is 0.325 e. The van der Waals surface area contributed by atoms with Gasteiger partial charge in [0.1, 0.15) is 17.0 Å². The Kier molecular flexibility index (Phi) is 6.10. The van der Waals surface area contributed by atoms with Crippen molar-refractivity contribution >= 4 is 17.7 Å². The lowest BCUT2D eigenvalue weighted by atomic mass is 9.93. The molecule has 1 aliphatic heterocycles. The predicted octanol–water partition coefficient (Wildman–Crippen LogP) is 3.35. The van der Waals surface area contributed by atoms with E-state index in [1.807, 2.05) is 24.3 Å². The molecule has 158 valence electrons. The lowest BCUT2D eigenvalue weighted by Crippen LogP contribution is -2.44. The average Bonchev–Trinajstić information content (AvgIpc) is 2.95. The van der Waals surface area contributed by atoms with Gasteiger partial charge in [0.05, 0.1) is 20.8 Å². The highest BCUT2D eigenvalue weighted by atomic mass is 16.5. The molecule has 3 amide bonds. The van der Waals surface area contributed by atoms with E-state index < -0.39 is 11.6 Å². The van der Waals surface area contributed by atoms with Crippen LogP contribution in [0.5, 0.6) is 11.5 Å². The van der Waals surface area contributed by atoms with Gasteiger partial charge in [0.2, 0.25) is 0 Å². The Bertz CT molecular complexity index is 970. The van der Waals surface area contributed by atoms with Crippen LogP contribution in [0.3, 0.4) is 0 Å². The fraction of sp³-hybridized carbons (Fsp3) is 0.348. The molecular weight excluding hydrogens is 384 g/mol. The minimum atomic E-state index is -0.998. The van der Waals surface area contributed by atoms with Crippen molar-refractivity contribution in [2.24, 2.45) is 0 Å². The van der Waals surface area contributed by atoms with Gasteiger partial charge in [0, 0.05) is 11.1 Å². The summed E-state index contributed by atoms with van der Waals surface area (Å²) in [6.45, 7) is 3.24. The number of aryl methyl sites for hydroxylation is 1. The number of hydrogen-bond donors (Lipinski definition) is 1. The van der Waals surface area contributed by atoms with Crippen LogP contribution in [0.2, 0.25) is 0 Å². The summed E-state index contributed by atoms with van der Waals surface area (Å²) in [5.74, 6) is 0.896. The number of Topliss-reactive ketones (excluding diaryl/α,β-unsaturated/α-hetero) is 1. The fourth-order valence-electron chi connectivity index (χ4n) is 3.54. The van der Waals surface area contributed by atoms with Gasteiger partial charge >= 0.3 is 6.03 Å². The Morgan fingerprint density at radius 2 is 1.77 bits per heavy atom. The number of amides is 3. The number of nitrogens with zero attached hydrogens (tertiary/aromatic N) is 1. The lowest BCUT2D eigenvalue weighted by Gasteiger charge is -2.22. The zero-order chi connectivity index (χ0) is 21.9. The lowest BCUT2D eigenvalue weighted by molar-refractivity contribution is -0.131. The van der Waals surface area contributed by atoms with Gasteiger partial charge in [-0.1, -0.05) is 12.1 Å². The summed E-state index contributed by atoms with van der Waals surface area (Å²) < 4.78 is 10.5. The van der Waals surface area contributed by atoms with Crippen molar-refractivity contribution in [1.82, 2.24) is 10.2 Å². The molecule has 7 nitrogen and oxygen atoms in total. The molecule has 1 aliphatic rings. The van der Waals surface area contributed by atoms with Crippen LogP contribution in [0.4, 0.5) is 4.79 Å². The first-order valence-corrected chi connectivity index (χ1v) is 9.72. The van der Waals surface area contributed by atoms with Crippen LogP contribution in [0, 0.1) is 0 Å². The van der Waals surface area contributed by atoms with E-state index in [1.54, 1.807) is 32.2 Å². The molecule has 0 unspecified atom stereocenters. The summed E-state index contributed by atoms with van der Waals surface area (Å²) >= 11 is 0. The summed E-state index contributed by atoms with van der Waals surface area (Å²) in [5, 5.41) is 2.82. The number of benzene rings is 2. The zero-order valence-electron chi connectivity index (χ0n) is 17.7.